The van der Waals surface area contributed by atoms with E-state index >= 15 is 0 Å². The molecule has 1 aromatic rings. The number of carbonyl (C=O) groups excluding carboxylic acids is 1. The average Bonchev–Trinajstić information content (AvgIpc) is 2.50. The summed E-state index contributed by atoms with van der Waals surface area (Å²) in [7, 11) is 1.77. The van der Waals surface area contributed by atoms with E-state index in [1.807, 2.05) is 19.1 Å². The molecule has 0 fully saturated rings. The maximum atomic E-state index is 11.9. The van der Waals surface area contributed by atoms with Crippen LogP contribution in [0, 0.1) is 0 Å². The molecule has 1 N–H and O–H groups in total. The molecule has 1 aromatic carbocycles. The summed E-state index contributed by atoms with van der Waals surface area (Å²) in [6, 6.07) is 7.23. The molecule has 0 aliphatic heterocycles. The van der Waals surface area contributed by atoms with E-state index in [1.165, 1.54) is 0 Å². The van der Waals surface area contributed by atoms with Crippen molar-refractivity contribution in [2.75, 3.05) is 33.4 Å². The normalized spacial score (nSPS) is 10.2. The van der Waals surface area contributed by atoms with Gasteiger partial charge in [0.1, 0.15) is 11.5 Å². The van der Waals surface area contributed by atoms with Crippen LogP contribution in [0.1, 0.15) is 26.2 Å². The zero-order valence-corrected chi connectivity index (χ0v) is 12.9. The molecule has 0 saturated heterocycles. The van der Waals surface area contributed by atoms with Gasteiger partial charge in [0.2, 0.25) is 0 Å². The average molecular weight is 295 g/mol. The van der Waals surface area contributed by atoms with Crippen molar-refractivity contribution in [1.29, 1.82) is 0 Å². The maximum Gasteiger partial charge on any atom is 0.260 e. The fourth-order valence-electron chi connectivity index (χ4n) is 1.82. The molecule has 0 radical (unpaired) electrons. The quantitative estimate of drug-likeness (QED) is 0.671. The van der Waals surface area contributed by atoms with E-state index in [9.17, 15) is 4.79 Å². The molecule has 0 heterocycles. The lowest BCUT2D eigenvalue weighted by molar-refractivity contribution is -0.132. The van der Waals surface area contributed by atoms with Gasteiger partial charge in [-0.15, -0.1) is 0 Å². The molecule has 0 atom stereocenters. The van der Waals surface area contributed by atoms with Crippen LogP contribution in [-0.4, -0.2) is 49.3 Å². The summed E-state index contributed by atoms with van der Waals surface area (Å²) in [5.74, 6) is 1.39. The maximum absolute atomic E-state index is 11.9. The topological polar surface area (TPSA) is 59.0 Å². The highest BCUT2D eigenvalue weighted by atomic mass is 16.5. The smallest absolute Gasteiger partial charge is 0.260 e. The van der Waals surface area contributed by atoms with Crippen LogP contribution in [0.4, 0.5) is 0 Å². The third kappa shape index (κ3) is 6.99. The van der Waals surface area contributed by atoms with Gasteiger partial charge in [-0.1, -0.05) is 0 Å². The van der Waals surface area contributed by atoms with E-state index in [-0.39, 0.29) is 19.1 Å². The Labute approximate surface area is 126 Å². The Morgan fingerprint density at radius 2 is 1.71 bits per heavy atom. The molecule has 0 aromatic heterocycles. The Bertz CT molecular complexity index is 405. The summed E-state index contributed by atoms with van der Waals surface area (Å²) in [6.07, 6.45) is 2.60. The Kier molecular flexibility index (Phi) is 8.28. The standard InChI is InChI=1S/C16H25NO4/c1-3-20-14-7-9-15(10-8-14)21-13-16(19)17(2)11-5-4-6-12-18/h7-10,18H,3-6,11-13H2,1-2H3. The summed E-state index contributed by atoms with van der Waals surface area (Å²) in [6.45, 7) is 3.48. The molecule has 1 rings (SSSR count). The van der Waals surface area contributed by atoms with Crippen molar-refractivity contribution in [3.05, 3.63) is 24.3 Å². The monoisotopic (exact) mass is 295 g/mol. The van der Waals surface area contributed by atoms with Crippen LogP contribution in [-0.2, 0) is 4.79 Å². The molecule has 5 heteroatoms. The van der Waals surface area contributed by atoms with E-state index < -0.39 is 0 Å². The zero-order chi connectivity index (χ0) is 15.5. The minimum Gasteiger partial charge on any atom is -0.494 e. The van der Waals surface area contributed by atoms with Gasteiger partial charge in [0.25, 0.3) is 5.91 Å². The number of benzene rings is 1. The molecule has 0 aliphatic carbocycles. The number of carbonyl (C=O) groups is 1. The molecule has 0 spiro atoms. The predicted molar refractivity (Wildman–Crippen MR) is 81.7 cm³/mol. The summed E-state index contributed by atoms with van der Waals surface area (Å²) >= 11 is 0. The van der Waals surface area contributed by atoms with Crippen LogP contribution in [0.2, 0.25) is 0 Å². The molecule has 0 unspecified atom stereocenters. The highest BCUT2D eigenvalue weighted by Crippen LogP contribution is 2.17. The number of likely N-dealkylation sites (N-methyl/N-ethyl adjacent to an activating group) is 1. The lowest BCUT2D eigenvalue weighted by Crippen LogP contribution is -2.32. The van der Waals surface area contributed by atoms with Crippen molar-refractivity contribution < 1.29 is 19.4 Å². The third-order valence-corrected chi connectivity index (χ3v) is 3.07. The largest absolute Gasteiger partial charge is 0.494 e. The van der Waals surface area contributed by atoms with Gasteiger partial charge in [-0.2, -0.15) is 0 Å². The SMILES string of the molecule is CCOc1ccc(OCC(=O)N(C)CCCCCO)cc1. The van der Waals surface area contributed by atoms with Crippen LogP contribution < -0.4 is 9.47 Å². The number of aliphatic hydroxyl groups excluding tert-OH is 1. The van der Waals surface area contributed by atoms with Crippen molar-refractivity contribution in [3.63, 3.8) is 0 Å². The first-order valence-electron chi connectivity index (χ1n) is 7.38. The molecule has 21 heavy (non-hydrogen) atoms. The highest BCUT2D eigenvalue weighted by molar-refractivity contribution is 5.77. The first kappa shape index (κ1) is 17.3. The molecule has 118 valence electrons. The number of aliphatic hydroxyl groups is 1. The highest BCUT2D eigenvalue weighted by Gasteiger charge is 2.09. The Morgan fingerprint density at radius 1 is 1.10 bits per heavy atom. The Morgan fingerprint density at radius 3 is 2.29 bits per heavy atom. The van der Waals surface area contributed by atoms with E-state index in [0.717, 1.165) is 25.0 Å². The first-order valence-corrected chi connectivity index (χ1v) is 7.38. The van der Waals surface area contributed by atoms with Crippen molar-refractivity contribution in [2.45, 2.75) is 26.2 Å². The fraction of sp³-hybridized carbons (Fsp3) is 0.562. The minimum atomic E-state index is -0.0483. The van der Waals surface area contributed by atoms with Gasteiger partial charge >= 0.3 is 0 Å². The Balaban J connectivity index is 2.28. The van der Waals surface area contributed by atoms with Gasteiger partial charge in [-0.05, 0) is 50.5 Å². The number of unbranched alkanes of at least 4 members (excludes halogenated alkanes) is 2. The molecule has 0 bridgehead atoms. The van der Waals surface area contributed by atoms with Crippen LogP contribution in [0.5, 0.6) is 11.5 Å². The van der Waals surface area contributed by atoms with Crippen molar-refractivity contribution in [3.8, 4) is 11.5 Å². The number of rotatable bonds is 10. The number of nitrogens with zero attached hydrogens (tertiary/aromatic N) is 1. The summed E-state index contributed by atoms with van der Waals surface area (Å²) in [4.78, 5) is 13.5. The number of amides is 1. The van der Waals surface area contributed by atoms with E-state index in [1.54, 1.807) is 24.1 Å². The van der Waals surface area contributed by atoms with Gasteiger partial charge in [-0.25, -0.2) is 0 Å². The van der Waals surface area contributed by atoms with Crippen LogP contribution >= 0.6 is 0 Å². The second kappa shape index (κ2) is 10.0. The summed E-state index contributed by atoms with van der Waals surface area (Å²) in [5, 5.41) is 8.69. The summed E-state index contributed by atoms with van der Waals surface area (Å²) in [5.41, 5.74) is 0. The molecular weight excluding hydrogens is 270 g/mol. The van der Waals surface area contributed by atoms with Crippen molar-refractivity contribution >= 4 is 5.91 Å². The van der Waals surface area contributed by atoms with Crippen LogP contribution in [0.15, 0.2) is 24.3 Å². The molecule has 0 aliphatic rings. The van der Waals surface area contributed by atoms with Gasteiger partial charge in [0, 0.05) is 20.2 Å². The van der Waals surface area contributed by atoms with Gasteiger partial charge in [0.05, 0.1) is 6.61 Å². The first-order chi connectivity index (χ1) is 10.2. The van der Waals surface area contributed by atoms with Gasteiger partial charge < -0.3 is 19.5 Å². The molecule has 1 amide bonds. The van der Waals surface area contributed by atoms with Gasteiger partial charge in [0.15, 0.2) is 6.61 Å². The molecule has 5 nitrogen and oxygen atoms in total. The van der Waals surface area contributed by atoms with Crippen molar-refractivity contribution in [2.24, 2.45) is 0 Å². The number of ether oxygens (including phenoxy) is 2. The second-order valence-electron chi connectivity index (χ2n) is 4.79. The number of hydrogen-bond acceptors (Lipinski definition) is 4. The lowest BCUT2D eigenvalue weighted by Gasteiger charge is -2.17. The minimum absolute atomic E-state index is 0.0322. The second-order valence-corrected chi connectivity index (χ2v) is 4.79. The lowest BCUT2D eigenvalue weighted by atomic mass is 10.2. The van der Waals surface area contributed by atoms with Gasteiger partial charge in [-0.3, -0.25) is 4.79 Å². The van der Waals surface area contributed by atoms with Crippen LogP contribution in [0.3, 0.4) is 0 Å². The zero-order valence-electron chi connectivity index (χ0n) is 12.9. The van der Waals surface area contributed by atoms with E-state index in [4.69, 9.17) is 14.6 Å². The van der Waals surface area contributed by atoms with E-state index in [0.29, 0.717) is 18.9 Å². The predicted octanol–water partition coefficient (Wildman–Crippen LogP) is 2.09. The molecule has 0 saturated carbocycles. The van der Waals surface area contributed by atoms with Crippen LogP contribution in [0.25, 0.3) is 0 Å². The van der Waals surface area contributed by atoms with E-state index in [2.05, 4.69) is 0 Å². The third-order valence-electron chi connectivity index (χ3n) is 3.07. The molecular formula is C16H25NO4. The summed E-state index contributed by atoms with van der Waals surface area (Å²) < 4.78 is 10.8. The Hall–Kier alpha value is -1.75. The van der Waals surface area contributed by atoms with Crippen molar-refractivity contribution in [1.82, 2.24) is 4.90 Å². The fourth-order valence-corrected chi connectivity index (χ4v) is 1.82. The number of hydrogen-bond donors (Lipinski definition) is 1.